The van der Waals surface area contributed by atoms with E-state index in [4.69, 9.17) is 4.52 Å². The molecule has 1 aliphatic carbocycles. The lowest BCUT2D eigenvalue weighted by atomic mass is 9.87. The minimum Gasteiger partial charge on any atom is -0.347 e. The van der Waals surface area contributed by atoms with E-state index in [1.54, 1.807) is 0 Å². The molecular weight excluding hydrogens is 268 g/mol. The van der Waals surface area contributed by atoms with Crippen LogP contribution in [0.4, 0.5) is 0 Å². The summed E-state index contributed by atoms with van der Waals surface area (Å²) in [6.45, 7) is 2.38. The summed E-state index contributed by atoms with van der Waals surface area (Å²) in [5.41, 5.74) is 0. The number of aromatic nitrogens is 2. The zero-order valence-electron chi connectivity index (χ0n) is 13.0. The van der Waals surface area contributed by atoms with Gasteiger partial charge in [0, 0.05) is 18.9 Å². The van der Waals surface area contributed by atoms with Gasteiger partial charge in [-0.2, -0.15) is 4.98 Å². The highest BCUT2D eigenvalue weighted by Crippen LogP contribution is 2.26. The molecule has 6 nitrogen and oxygen atoms in total. The van der Waals surface area contributed by atoms with Crippen molar-refractivity contribution in [2.24, 2.45) is 5.92 Å². The monoisotopic (exact) mass is 294 g/mol. The second-order valence-electron chi connectivity index (χ2n) is 5.98. The van der Waals surface area contributed by atoms with Gasteiger partial charge < -0.3 is 15.2 Å². The highest BCUT2D eigenvalue weighted by molar-refractivity contribution is 5.76. The van der Waals surface area contributed by atoms with Gasteiger partial charge in [-0.25, -0.2) is 0 Å². The zero-order valence-corrected chi connectivity index (χ0v) is 13.0. The summed E-state index contributed by atoms with van der Waals surface area (Å²) in [5, 5.41) is 9.92. The largest absolute Gasteiger partial charge is 0.347 e. The zero-order chi connectivity index (χ0) is 15.1. The van der Waals surface area contributed by atoms with Gasteiger partial charge in [-0.3, -0.25) is 4.79 Å². The molecule has 1 saturated carbocycles. The number of hydrogen-bond donors (Lipinski definition) is 2. The Morgan fingerprint density at radius 2 is 2.14 bits per heavy atom. The van der Waals surface area contributed by atoms with Crippen LogP contribution in [0.5, 0.6) is 0 Å². The molecule has 0 spiro atoms. The Balaban J connectivity index is 1.71. The minimum absolute atomic E-state index is 0.0882. The first-order valence-corrected chi connectivity index (χ1v) is 7.92. The molecule has 1 unspecified atom stereocenters. The van der Waals surface area contributed by atoms with Crippen molar-refractivity contribution in [3.05, 3.63) is 11.7 Å². The lowest BCUT2D eigenvalue weighted by Crippen LogP contribution is -2.26. The molecule has 2 N–H and O–H groups in total. The quantitative estimate of drug-likeness (QED) is 0.801. The molecule has 6 heteroatoms. The summed E-state index contributed by atoms with van der Waals surface area (Å²) >= 11 is 0. The number of likely N-dealkylation sites (N-methyl/N-ethyl adjacent to an activating group) is 1. The van der Waals surface area contributed by atoms with Gasteiger partial charge >= 0.3 is 0 Å². The van der Waals surface area contributed by atoms with Crippen LogP contribution < -0.4 is 10.6 Å². The van der Waals surface area contributed by atoms with Crippen LogP contribution in [-0.2, 0) is 17.8 Å². The van der Waals surface area contributed by atoms with Gasteiger partial charge in [0.25, 0.3) is 0 Å². The summed E-state index contributed by atoms with van der Waals surface area (Å²) < 4.78 is 5.15. The Labute approximate surface area is 126 Å². The van der Waals surface area contributed by atoms with Crippen LogP contribution in [0.15, 0.2) is 4.52 Å². The molecule has 1 aliphatic rings. The van der Waals surface area contributed by atoms with Gasteiger partial charge in [0.1, 0.15) is 0 Å². The fourth-order valence-electron chi connectivity index (χ4n) is 2.72. The Morgan fingerprint density at radius 1 is 1.38 bits per heavy atom. The second-order valence-corrected chi connectivity index (χ2v) is 5.98. The third kappa shape index (κ3) is 5.46. The van der Waals surface area contributed by atoms with Gasteiger partial charge in [0.05, 0.1) is 6.54 Å². The van der Waals surface area contributed by atoms with Crippen molar-refractivity contribution in [2.75, 3.05) is 7.05 Å². The number of carbonyl (C=O) groups excluding carboxylic acids is 1. The second kappa shape index (κ2) is 8.12. The van der Waals surface area contributed by atoms with E-state index in [9.17, 15) is 4.79 Å². The molecule has 1 atom stereocenters. The van der Waals surface area contributed by atoms with Crippen molar-refractivity contribution < 1.29 is 9.32 Å². The molecule has 1 aromatic rings. The van der Waals surface area contributed by atoms with Crippen LogP contribution in [0.25, 0.3) is 0 Å². The molecular formula is C15H26N4O2. The first-order chi connectivity index (χ1) is 10.2. The van der Waals surface area contributed by atoms with Crippen LogP contribution in [0.1, 0.15) is 57.2 Å². The highest BCUT2D eigenvalue weighted by Gasteiger charge is 2.17. The molecule has 118 valence electrons. The number of rotatable bonds is 7. The van der Waals surface area contributed by atoms with Crippen molar-refractivity contribution in [2.45, 2.75) is 64.5 Å². The SMILES string of the molecule is CNC(C)Cc1noc(CNC(=O)CC2CCCCC2)n1. The van der Waals surface area contributed by atoms with Gasteiger partial charge in [-0.05, 0) is 32.7 Å². The fraction of sp³-hybridized carbons (Fsp3) is 0.800. The average molecular weight is 294 g/mol. The van der Waals surface area contributed by atoms with Gasteiger partial charge in [-0.15, -0.1) is 0 Å². The maximum absolute atomic E-state index is 11.9. The van der Waals surface area contributed by atoms with E-state index in [0.717, 1.165) is 6.42 Å². The first-order valence-electron chi connectivity index (χ1n) is 7.92. The third-order valence-corrected chi connectivity index (χ3v) is 4.13. The van der Waals surface area contributed by atoms with Crippen molar-refractivity contribution >= 4 is 5.91 Å². The van der Waals surface area contributed by atoms with E-state index in [1.165, 1.54) is 32.1 Å². The molecule has 0 radical (unpaired) electrons. The number of hydrogen-bond acceptors (Lipinski definition) is 5. The van der Waals surface area contributed by atoms with Gasteiger partial charge in [0.2, 0.25) is 11.8 Å². The van der Waals surface area contributed by atoms with Crippen molar-refractivity contribution in [3.63, 3.8) is 0 Å². The summed E-state index contributed by atoms with van der Waals surface area (Å²) in [6, 6.07) is 0.302. The summed E-state index contributed by atoms with van der Waals surface area (Å²) in [6.07, 6.45) is 7.53. The van der Waals surface area contributed by atoms with E-state index >= 15 is 0 Å². The lowest BCUT2D eigenvalue weighted by Gasteiger charge is -2.20. The number of nitrogens with zero attached hydrogens (tertiary/aromatic N) is 2. The Morgan fingerprint density at radius 3 is 2.86 bits per heavy atom. The summed E-state index contributed by atoms with van der Waals surface area (Å²) in [7, 11) is 1.90. The predicted octanol–water partition coefficient (Wildman–Crippen LogP) is 1.81. The highest BCUT2D eigenvalue weighted by atomic mass is 16.5. The Hall–Kier alpha value is -1.43. The van der Waals surface area contributed by atoms with E-state index in [0.29, 0.717) is 36.6 Å². The van der Waals surface area contributed by atoms with Crippen LogP contribution in [0, 0.1) is 5.92 Å². The summed E-state index contributed by atoms with van der Waals surface area (Å²) in [5.74, 6) is 1.79. The maximum atomic E-state index is 11.9. The van der Waals surface area contributed by atoms with E-state index in [1.807, 2.05) is 7.05 Å². The molecule has 0 saturated heterocycles. The van der Waals surface area contributed by atoms with E-state index in [-0.39, 0.29) is 5.91 Å². The molecule has 2 rings (SSSR count). The molecule has 21 heavy (non-hydrogen) atoms. The minimum atomic E-state index is 0.0882. The standard InChI is InChI=1S/C15H26N4O2/c1-11(16-2)8-13-18-15(21-19-13)10-17-14(20)9-12-6-4-3-5-7-12/h11-12,16H,3-10H2,1-2H3,(H,17,20). The van der Waals surface area contributed by atoms with Crippen molar-refractivity contribution in [1.82, 2.24) is 20.8 Å². The normalized spacial score (nSPS) is 17.6. The number of amides is 1. The lowest BCUT2D eigenvalue weighted by molar-refractivity contribution is -0.122. The molecule has 1 heterocycles. The van der Waals surface area contributed by atoms with Crippen molar-refractivity contribution in [1.29, 1.82) is 0 Å². The van der Waals surface area contributed by atoms with Gasteiger partial charge in [-0.1, -0.05) is 24.4 Å². The predicted molar refractivity (Wildman–Crippen MR) is 79.6 cm³/mol. The van der Waals surface area contributed by atoms with Gasteiger partial charge in [0.15, 0.2) is 5.82 Å². The molecule has 1 amide bonds. The molecule has 1 fully saturated rings. The Bertz CT molecular complexity index is 441. The van der Waals surface area contributed by atoms with Crippen molar-refractivity contribution in [3.8, 4) is 0 Å². The first kappa shape index (κ1) is 15.9. The van der Waals surface area contributed by atoms with Crippen LogP contribution in [0.2, 0.25) is 0 Å². The molecule has 0 bridgehead atoms. The third-order valence-electron chi connectivity index (χ3n) is 4.13. The fourth-order valence-corrected chi connectivity index (χ4v) is 2.72. The Kier molecular flexibility index (Phi) is 6.17. The van der Waals surface area contributed by atoms with E-state index < -0.39 is 0 Å². The average Bonchev–Trinajstić information content (AvgIpc) is 2.93. The molecule has 1 aromatic heterocycles. The maximum Gasteiger partial charge on any atom is 0.246 e. The number of carbonyl (C=O) groups is 1. The molecule has 0 aromatic carbocycles. The summed E-state index contributed by atoms with van der Waals surface area (Å²) in [4.78, 5) is 16.2. The van der Waals surface area contributed by atoms with Crippen LogP contribution in [0.3, 0.4) is 0 Å². The number of nitrogens with one attached hydrogen (secondary N) is 2. The van der Waals surface area contributed by atoms with Crippen LogP contribution in [-0.4, -0.2) is 29.1 Å². The smallest absolute Gasteiger partial charge is 0.246 e. The topological polar surface area (TPSA) is 80.0 Å². The van der Waals surface area contributed by atoms with Crippen LogP contribution >= 0.6 is 0 Å². The van der Waals surface area contributed by atoms with E-state index in [2.05, 4.69) is 27.7 Å². The molecule has 0 aliphatic heterocycles.